The maximum absolute atomic E-state index is 13.2. The summed E-state index contributed by atoms with van der Waals surface area (Å²) in [6.45, 7) is 4.55. The van der Waals surface area contributed by atoms with Gasteiger partial charge in [-0.15, -0.1) is 0 Å². The molecule has 2 aromatic rings. The summed E-state index contributed by atoms with van der Waals surface area (Å²) in [7, 11) is -3.84. The van der Waals surface area contributed by atoms with Gasteiger partial charge in [-0.2, -0.15) is 0 Å². The number of sulfonamides is 1. The second-order valence-electron chi connectivity index (χ2n) is 6.49. The van der Waals surface area contributed by atoms with Crippen LogP contribution >= 0.6 is 0 Å². The van der Waals surface area contributed by atoms with E-state index in [0.717, 1.165) is 25.6 Å². The van der Waals surface area contributed by atoms with Crippen molar-refractivity contribution in [1.29, 1.82) is 0 Å². The van der Waals surface area contributed by atoms with Gasteiger partial charge in [0, 0.05) is 30.9 Å². The summed E-state index contributed by atoms with van der Waals surface area (Å²) >= 11 is 0. The number of nitrogens with one attached hydrogen (secondary N) is 2. The Morgan fingerprint density at radius 1 is 1.11 bits per heavy atom. The van der Waals surface area contributed by atoms with Gasteiger partial charge < -0.3 is 10.2 Å². The van der Waals surface area contributed by atoms with Gasteiger partial charge in [0.2, 0.25) is 0 Å². The molecule has 0 aliphatic carbocycles. The minimum absolute atomic E-state index is 0.0149. The van der Waals surface area contributed by atoms with Crippen LogP contribution in [0.4, 0.5) is 10.1 Å². The predicted octanol–water partition coefficient (Wildman–Crippen LogP) is 2.37. The predicted molar refractivity (Wildman–Crippen MR) is 102 cm³/mol. The Morgan fingerprint density at radius 2 is 1.85 bits per heavy atom. The Kier molecular flexibility index (Phi) is 5.76. The summed E-state index contributed by atoms with van der Waals surface area (Å²) in [5, 5.41) is 3.25. The third kappa shape index (κ3) is 4.64. The summed E-state index contributed by atoms with van der Waals surface area (Å²) in [5.74, 6) is -0.555. The van der Waals surface area contributed by atoms with Crippen molar-refractivity contribution in [2.45, 2.75) is 18.2 Å². The fraction of sp³-hybridized carbons (Fsp3) is 0.316. The Labute approximate surface area is 158 Å². The summed E-state index contributed by atoms with van der Waals surface area (Å²) in [6, 6.07) is 9.84. The van der Waals surface area contributed by atoms with Crippen LogP contribution in [0.5, 0.6) is 0 Å². The first-order chi connectivity index (χ1) is 12.9. The first kappa shape index (κ1) is 19.3. The van der Waals surface area contributed by atoms with Gasteiger partial charge in [0.05, 0.1) is 4.90 Å². The number of amides is 1. The molecule has 0 spiro atoms. The molecule has 2 N–H and O–H groups in total. The molecular formula is C19H22FN3O3S. The zero-order valence-corrected chi connectivity index (χ0v) is 15.9. The van der Waals surface area contributed by atoms with E-state index in [1.54, 1.807) is 29.2 Å². The number of aryl methyl sites for hydroxylation is 1. The molecule has 1 aliphatic rings. The molecule has 0 saturated carbocycles. The topological polar surface area (TPSA) is 78.5 Å². The zero-order valence-electron chi connectivity index (χ0n) is 15.0. The van der Waals surface area contributed by atoms with Crippen molar-refractivity contribution in [3.05, 3.63) is 59.4 Å². The van der Waals surface area contributed by atoms with Gasteiger partial charge in [-0.3, -0.25) is 9.52 Å². The molecule has 1 fully saturated rings. The minimum Gasteiger partial charge on any atom is -0.337 e. The fourth-order valence-electron chi connectivity index (χ4n) is 3.04. The maximum atomic E-state index is 13.2. The van der Waals surface area contributed by atoms with Crippen LogP contribution in [0.3, 0.4) is 0 Å². The summed E-state index contributed by atoms with van der Waals surface area (Å²) in [4.78, 5) is 14.4. The van der Waals surface area contributed by atoms with Crippen LogP contribution in [-0.2, 0) is 10.0 Å². The molecule has 0 radical (unpaired) electrons. The average molecular weight is 391 g/mol. The van der Waals surface area contributed by atoms with Crippen molar-refractivity contribution in [2.75, 3.05) is 30.9 Å². The number of carbonyl (C=O) groups excluding carboxylic acids is 1. The molecule has 1 heterocycles. The second-order valence-corrected chi connectivity index (χ2v) is 8.14. The number of halogens is 1. The number of nitrogens with zero attached hydrogens (tertiary/aromatic N) is 1. The lowest BCUT2D eigenvalue weighted by Gasteiger charge is -2.20. The lowest BCUT2D eigenvalue weighted by molar-refractivity contribution is 0.0766. The van der Waals surface area contributed by atoms with Gasteiger partial charge >= 0.3 is 0 Å². The van der Waals surface area contributed by atoms with E-state index in [1.807, 2.05) is 0 Å². The molecule has 144 valence electrons. The maximum Gasteiger partial charge on any atom is 0.262 e. The van der Waals surface area contributed by atoms with E-state index in [0.29, 0.717) is 29.9 Å². The van der Waals surface area contributed by atoms with E-state index in [1.165, 1.54) is 19.1 Å². The van der Waals surface area contributed by atoms with Gasteiger partial charge in [-0.05, 0) is 67.9 Å². The highest BCUT2D eigenvalue weighted by Crippen LogP contribution is 2.21. The minimum atomic E-state index is -3.84. The van der Waals surface area contributed by atoms with Gasteiger partial charge in [0.15, 0.2) is 0 Å². The molecule has 0 aromatic heterocycles. The molecule has 27 heavy (non-hydrogen) atoms. The SMILES string of the molecule is Cc1cc(F)ccc1S(=O)(=O)Nc1ccc(C(=O)N2CCCNCC2)cc1. The normalized spacial score (nSPS) is 15.3. The fourth-order valence-corrected chi connectivity index (χ4v) is 4.32. The third-order valence-corrected chi connectivity index (χ3v) is 5.98. The third-order valence-electron chi connectivity index (χ3n) is 4.44. The van der Waals surface area contributed by atoms with E-state index >= 15 is 0 Å². The molecular weight excluding hydrogens is 369 g/mol. The van der Waals surface area contributed by atoms with Crippen molar-refractivity contribution in [3.63, 3.8) is 0 Å². The number of hydrogen-bond acceptors (Lipinski definition) is 4. The largest absolute Gasteiger partial charge is 0.337 e. The highest BCUT2D eigenvalue weighted by atomic mass is 32.2. The molecule has 0 atom stereocenters. The van der Waals surface area contributed by atoms with E-state index in [4.69, 9.17) is 0 Å². The van der Waals surface area contributed by atoms with Crippen LogP contribution in [0, 0.1) is 12.7 Å². The van der Waals surface area contributed by atoms with Crippen molar-refractivity contribution in [2.24, 2.45) is 0 Å². The standard InChI is InChI=1S/C19H22FN3O3S/c1-14-13-16(20)5-8-18(14)27(25,26)22-17-6-3-15(4-7-17)19(24)23-11-2-9-21-10-12-23/h3-8,13,21-22H,2,9-12H2,1H3. The summed E-state index contributed by atoms with van der Waals surface area (Å²) in [6.07, 6.45) is 0.903. The van der Waals surface area contributed by atoms with E-state index in [-0.39, 0.29) is 10.8 Å². The molecule has 8 heteroatoms. The Bertz CT molecular complexity index is 922. The Morgan fingerprint density at radius 3 is 2.56 bits per heavy atom. The van der Waals surface area contributed by atoms with Gasteiger partial charge in [0.25, 0.3) is 15.9 Å². The van der Waals surface area contributed by atoms with E-state index < -0.39 is 15.8 Å². The molecule has 0 bridgehead atoms. The lowest BCUT2D eigenvalue weighted by atomic mass is 10.2. The quantitative estimate of drug-likeness (QED) is 0.839. The average Bonchev–Trinajstić information content (AvgIpc) is 2.90. The van der Waals surface area contributed by atoms with Crippen LogP contribution in [0.25, 0.3) is 0 Å². The van der Waals surface area contributed by atoms with Crippen molar-refractivity contribution < 1.29 is 17.6 Å². The first-order valence-electron chi connectivity index (χ1n) is 8.76. The number of rotatable bonds is 4. The molecule has 0 unspecified atom stereocenters. The van der Waals surface area contributed by atoms with Gasteiger partial charge in [-0.1, -0.05) is 0 Å². The molecule has 1 amide bonds. The summed E-state index contributed by atoms with van der Waals surface area (Å²) < 4.78 is 40.7. The van der Waals surface area contributed by atoms with Crippen LogP contribution in [-0.4, -0.2) is 45.4 Å². The monoisotopic (exact) mass is 391 g/mol. The molecule has 2 aromatic carbocycles. The van der Waals surface area contributed by atoms with E-state index in [2.05, 4.69) is 10.0 Å². The smallest absolute Gasteiger partial charge is 0.262 e. The zero-order chi connectivity index (χ0) is 19.4. The number of carbonyl (C=O) groups is 1. The highest BCUT2D eigenvalue weighted by Gasteiger charge is 2.19. The van der Waals surface area contributed by atoms with Crippen molar-refractivity contribution in [1.82, 2.24) is 10.2 Å². The Balaban J connectivity index is 1.74. The molecule has 6 nitrogen and oxygen atoms in total. The van der Waals surface area contributed by atoms with Crippen LogP contribution in [0.2, 0.25) is 0 Å². The van der Waals surface area contributed by atoms with Crippen LogP contribution in [0.1, 0.15) is 22.3 Å². The van der Waals surface area contributed by atoms with Crippen LogP contribution < -0.4 is 10.0 Å². The van der Waals surface area contributed by atoms with Crippen LogP contribution in [0.15, 0.2) is 47.4 Å². The second kappa shape index (κ2) is 8.06. The van der Waals surface area contributed by atoms with E-state index in [9.17, 15) is 17.6 Å². The number of hydrogen-bond donors (Lipinski definition) is 2. The van der Waals surface area contributed by atoms with Gasteiger partial charge in [-0.25, -0.2) is 12.8 Å². The summed E-state index contributed by atoms with van der Waals surface area (Å²) in [5.41, 5.74) is 1.18. The molecule has 1 saturated heterocycles. The number of anilines is 1. The Hall–Kier alpha value is -2.45. The lowest BCUT2D eigenvalue weighted by Crippen LogP contribution is -2.34. The van der Waals surface area contributed by atoms with Crippen molar-refractivity contribution in [3.8, 4) is 0 Å². The first-order valence-corrected chi connectivity index (χ1v) is 10.2. The highest BCUT2D eigenvalue weighted by molar-refractivity contribution is 7.92. The van der Waals surface area contributed by atoms with Gasteiger partial charge in [0.1, 0.15) is 5.82 Å². The molecule has 3 rings (SSSR count). The van der Waals surface area contributed by atoms with Crippen molar-refractivity contribution >= 4 is 21.6 Å². The number of benzene rings is 2. The molecule has 1 aliphatic heterocycles.